The van der Waals surface area contributed by atoms with Crippen LogP contribution in [-0.2, 0) is 0 Å². The Labute approximate surface area is 143 Å². The van der Waals surface area contributed by atoms with Crippen LogP contribution in [0.25, 0.3) is 0 Å². The molecule has 3 rings (SSSR count). The Bertz CT molecular complexity index is 792. The standard InChI is InChI=1S/C14H13F2N3O3S2/c1-6-8(12(20)18-13-17-4-11(16)24-13)3-10(23-6)9-2-7(15)5-19(9)14(21)22/h3-4,7,9H,2,5H2,1H3,(H,21,22)(H,17,18,20)/t7-,9+/m1/s1. The first-order valence-corrected chi connectivity index (χ1v) is 8.65. The van der Waals surface area contributed by atoms with Crippen molar-refractivity contribution >= 4 is 39.8 Å². The van der Waals surface area contributed by atoms with Crippen molar-refractivity contribution in [1.29, 1.82) is 0 Å². The number of thiophene rings is 1. The smallest absolute Gasteiger partial charge is 0.407 e. The van der Waals surface area contributed by atoms with Gasteiger partial charge in [0.1, 0.15) is 6.17 Å². The highest BCUT2D eigenvalue weighted by Gasteiger charge is 2.37. The van der Waals surface area contributed by atoms with E-state index >= 15 is 0 Å². The first-order valence-electron chi connectivity index (χ1n) is 7.01. The number of carboxylic acid groups (broad SMARTS) is 1. The van der Waals surface area contributed by atoms with Gasteiger partial charge in [0.25, 0.3) is 5.91 Å². The molecule has 10 heteroatoms. The molecule has 1 saturated heterocycles. The third-order valence-corrected chi connectivity index (χ3v) is 5.56. The Morgan fingerprint density at radius 2 is 2.21 bits per heavy atom. The number of nitrogens with one attached hydrogen (secondary N) is 1. The van der Waals surface area contributed by atoms with Gasteiger partial charge in [0.05, 0.1) is 24.3 Å². The number of likely N-dealkylation sites (tertiary alicyclic amines) is 1. The van der Waals surface area contributed by atoms with E-state index in [4.69, 9.17) is 0 Å². The zero-order valence-corrected chi connectivity index (χ0v) is 14.1. The van der Waals surface area contributed by atoms with E-state index in [0.717, 1.165) is 11.1 Å². The second kappa shape index (κ2) is 6.44. The molecule has 128 valence electrons. The largest absolute Gasteiger partial charge is 0.465 e. The fraction of sp³-hybridized carbons (Fsp3) is 0.357. The van der Waals surface area contributed by atoms with Crippen LogP contribution in [0.15, 0.2) is 12.3 Å². The molecule has 0 saturated carbocycles. The molecule has 6 nitrogen and oxygen atoms in total. The summed E-state index contributed by atoms with van der Waals surface area (Å²) < 4.78 is 26.5. The zero-order chi connectivity index (χ0) is 17.4. The van der Waals surface area contributed by atoms with Gasteiger partial charge in [-0.25, -0.2) is 14.2 Å². The van der Waals surface area contributed by atoms with Crippen molar-refractivity contribution in [2.45, 2.75) is 25.6 Å². The lowest BCUT2D eigenvalue weighted by molar-refractivity contribution is 0.102. The average molecular weight is 373 g/mol. The summed E-state index contributed by atoms with van der Waals surface area (Å²) in [5.41, 5.74) is 0.346. The number of thiazole rings is 1. The summed E-state index contributed by atoms with van der Waals surface area (Å²) in [6, 6.07) is 0.970. The molecule has 2 amide bonds. The Hall–Kier alpha value is -2.07. The average Bonchev–Trinajstić information content (AvgIpc) is 3.18. The summed E-state index contributed by atoms with van der Waals surface area (Å²) in [7, 11) is 0. The molecular formula is C14H13F2N3O3S2. The Kier molecular flexibility index (Phi) is 4.50. The molecule has 1 aliphatic heterocycles. The number of nitrogens with zero attached hydrogens (tertiary/aromatic N) is 2. The summed E-state index contributed by atoms with van der Waals surface area (Å²) in [4.78, 5) is 29.6. The quantitative estimate of drug-likeness (QED) is 0.860. The first kappa shape index (κ1) is 16.8. The van der Waals surface area contributed by atoms with Crippen molar-refractivity contribution < 1.29 is 23.5 Å². The van der Waals surface area contributed by atoms with E-state index in [-0.39, 0.29) is 18.1 Å². The van der Waals surface area contributed by atoms with E-state index in [1.165, 1.54) is 11.3 Å². The minimum absolute atomic E-state index is 0.0744. The molecule has 0 bridgehead atoms. The van der Waals surface area contributed by atoms with E-state index in [1.807, 2.05) is 0 Å². The number of hydrogen-bond acceptors (Lipinski definition) is 5. The number of anilines is 1. The van der Waals surface area contributed by atoms with Gasteiger partial charge in [-0.1, -0.05) is 11.3 Å². The third-order valence-electron chi connectivity index (χ3n) is 3.70. The number of carbonyl (C=O) groups is 2. The summed E-state index contributed by atoms with van der Waals surface area (Å²) in [5, 5.41) is 11.3. The van der Waals surface area contributed by atoms with E-state index in [0.29, 0.717) is 26.7 Å². The van der Waals surface area contributed by atoms with E-state index in [2.05, 4.69) is 10.3 Å². The number of halogens is 2. The number of aromatic nitrogens is 1. The second-order valence-electron chi connectivity index (χ2n) is 5.33. The van der Waals surface area contributed by atoms with Gasteiger partial charge in [-0.3, -0.25) is 15.0 Å². The van der Waals surface area contributed by atoms with Crippen LogP contribution in [0.4, 0.5) is 18.7 Å². The van der Waals surface area contributed by atoms with Crippen molar-refractivity contribution in [2.24, 2.45) is 0 Å². The van der Waals surface area contributed by atoms with Gasteiger partial charge in [-0.05, 0) is 13.0 Å². The Morgan fingerprint density at radius 3 is 2.83 bits per heavy atom. The van der Waals surface area contributed by atoms with E-state index in [9.17, 15) is 23.5 Å². The Morgan fingerprint density at radius 1 is 1.46 bits per heavy atom. The summed E-state index contributed by atoms with van der Waals surface area (Å²) in [5.74, 6) is -0.457. The van der Waals surface area contributed by atoms with Gasteiger partial charge >= 0.3 is 6.09 Å². The van der Waals surface area contributed by atoms with Crippen LogP contribution in [0.5, 0.6) is 0 Å². The van der Waals surface area contributed by atoms with Crippen LogP contribution in [0.2, 0.25) is 0 Å². The minimum atomic E-state index is -1.22. The summed E-state index contributed by atoms with van der Waals surface area (Å²) in [6.07, 6.45) is -1.32. The van der Waals surface area contributed by atoms with Crippen molar-refractivity contribution in [1.82, 2.24) is 9.88 Å². The molecule has 0 aromatic carbocycles. The number of rotatable bonds is 3. The van der Waals surface area contributed by atoms with Gasteiger partial charge in [0, 0.05) is 16.2 Å². The molecule has 2 aromatic rings. The molecule has 0 aliphatic carbocycles. The predicted molar refractivity (Wildman–Crippen MR) is 86.1 cm³/mol. The molecule has 0 spiro atoms. The van der Waals surface area contributed by atoms with Crippen LogP contribution >= 0.6 is 22.7 Å². The number of hydrogen-bond donors (Lipinski definition) is 2. The molecule has 2 aromatic heterocycles. The SMILES string of the molecule is Cc1sc([C@@H]2C[C@@H](F)CN2C(=O)O)cc1C(=O)Nc1ncc(F)s1. The maximum Gasteiger partial charge on any atom is 0.407 e. The molecule has 1 aliphatic rings. The minimum Gasteiger partial charge on any atom is -0.465 e. The van der Waals surface area contributed by atoms with Crippen LogP contribution < -0.4 is 5.32 Å². The number of carbonyl (C=O) groups excluding carboxylic acids is 1. The van der Waals surface area contributed by atoms with E-state index in [1.54, 1.807) is 13.0 Å². The number of alkyl halides is 1. The highest BCUT2D eigenvalue weighted by atomic mass is 32.1. The van der Waals surface area contributed by atoms with Crippen molar-refractivity contribution in [3.63, 3.8) is 0 Å². The maximum atomic E-state index is 13.6. The van der Waals surface area contributed by atoms with Gasteiger partial charge in [-0.15, -0.1) is 11.3 Å². The van der Waals surface area contributed by atoms with E-state index < -0.39 is 29.3 Å². The monoisotopic (exact) mass is 373 g/mol. The first-order chi connectivity index (χ1) is 11.3. The van der Waals surface area contributed by atoms with Crippen molar-refractivity contribution in [3.05, 3.63) is 32.7 Å². The fourth-order valence-corrected chi connectivity index (χ4v) is 4.33. The van der Waals surface area contributed by atoms with Gasteiger partial charge in [-0.2, -0.15) is 4.39 Å². The van der Waals surface area contributed by atoms with Crippen molar-refractivity contribution in [2.75, 3.05) is 11.9 Å². The van der Waals surface area contributed by atoms with Gasteiger partial charge < -0.3 is 5.11 Å². The topological polar surface area (TPSA) is 82.5 Å². The molecule has 24 heavy (non-hydrogen) atoms. The molecule has 2 N–H and O–H groups in total. The zero-order valence-electron chi connectivity index (χ0n) is 12.5. The lowest BCUT2D eigenvalue weighted by Gasteiger charge is -2.19. The lowest BCUT2D eigenvalue weighted by Crippen LogP contribution is -2.29. The van der Waals surface area contributed by atoms with Crippen LogP contribution in [0, 0.1) is 12.1 Å². The third kappa shape index (κ3) is 3.24. The maximum absolute atomic E-state index is 13.6. The van der Waals surface area contributed by atoms with Crippen LogP contribution in [0.1, 0.15) is 32.6 Å². The van der Waals surface area contributed by atoms with Gasteiger partial charge in [0.15, 0.2) is 10.3 Å². The molecule has 1 fully saturated rings. The molecule has 0 radical (unpaired) electrons. The highest BCUT2D eigenvalue weighted by molar-refractivity contribution is 7.14. The summed E-state index contributed by atoms with van der Waals surface area (Å²) >= 11 is 1.97. The van der Waals surface area contributed by atoms with Gasteiger partial charge in [0.2, 0.25) is 0 Å². The predicted octanol–water partition coefficient (Wildman–Crippen LogP) is 3.67. The second-order valence-corrected chi connectivity index (χ2v) is 7.59. The van der Waals surface area contributed by atoms with Crippen LogP contribution in [-0.4, -0.2) is 39.7 Å². The molecule has 3 heterocycles. The highest BCUT2D eigenvalue weighted by Crippen LogP contribution is 2.38. The molecule has 2 atom stereocenters. The summed E-state index contributed by atoms with van der Waals surface area (Å²) in [6.45, 7) is 1.55. The molecule has 0 unspecified atom stereocenters. The normalized spacial score (nSPS) is 20.4. The number of aryl methyl sites for hydroxylation is 1. The lowest BCUT2D eigenvalue weighted by atomic mass is 10.1. The Balaban J connectivity index is 1.82. The fourth-order valence-electron chi connectivity index (χ4n) is 2.64. The number of amides is 2. The molecular weight excluding hydrogens is 360 g/mol. The van der Waals surface area contributed by atoms with Crippen molar-refractivity contribution in [3.8, 4) is 0 Å². The van der Waals surface area contributed by atoms with Crippen LogP contribution in [0.3, 0.4) is 0 Å².